The zero-order chi connectivity index (χ0) is 24.3. The molecule has 1 N–H and O–H groups in total. The molecular formula is C27H36N2O4S. The van der Waals surface area contributed by atoms with E-state index in [1.807, 2.05) is 55.5 Å². The Bertz CT molecular complexity index is 1120. The van der Waals surface area contributed by atoms with E-state index >= 15 is 0 Å². The van der Waals surface area contributed by atoms with Crippen molar-refractivity contribution in [3.05, 3.63) is 65.2 Å². The molecule has 2 aromatic carbocycles. The van der Waals surface area contributed by atoms with Crippen molar-refractivity contribution in [3.8, 4) is 5.75 Å². The lowest BCUT2D eigenvalue weighted by molar-refractivity contribution is -0.127. The van der Waals surface area contributed by atoms with Crippen LogP contribution in [0.15, 0.2) is 48.5 Å². The molecule has 7 heteroatoms. The number of para-hydroxylation sites is 1. The van der Waals surface area contributed by atoms with Gasteiger partial charge in [-0.25, -0.2) is 12.7 Å². The summed E-state index contributed by atoms with van der Waals surface area (Å²) in [6.45, 7) is 6.98. The topological polar surface area (TPSA) is 75.7 Å². The molecule has 2 heterocycles. The Balaban J connectivity index is 1.39. The monoisotopic (exact) mass is 484 g/mol. The van der Waals surface area contributed by atoms with E-state index in [-0.39, 0.29) is 29.2 Å². The van der Waals surface area contributed by atoms with Crippen LogP contribution in [0.5, 0.6) is 5.75 Å². The molecule has 2 aromatic rings. The highest BCUT2D eigenvalue weighted by Gasteiger charge is 2.40. The number of nitrogens with zero attached hydrogens (tertiary/aromatic N) is 1. The number of rotatable bonds is 7. The van der Waals surface area contributed by atoms with Gasteiger partial charge in [-0.2, -0.15) is 0 Å². The van der Waals surface area contributed by atoms with Gasteiger partial charge < -0.3 is 10.1 Å². The molecule has 184 valence electrons. The normalized spacial score (nSPS) is 20.9. The Morgan fingerprint density at radius 3 is 2.47 bits per heavy atom. The van der Waals surface area contributed by atoms with E-state index in [9.17, 15) is 13.2 Å². The van der Waals surface area contributed by atoms with Crippen LogP contribution in [0.1, 0.15) is 68.7 Å². The SMILES string of the molecule is CCC1(CC)C[C@@H](NC(=O)C2CCN(S(=O)(=O)Cc3cccc(C)c3)CC2)c2ccccc2O1. The number of hydrogen-bond donors (Lipinski definition) is 1. The van der Waals surface area contributed by atoms with Crippen LogP contribution in [-0.2, 0) is 20.6 Å². The summed E-state index contributed by atoms with van der Waals surface area (Å²) in [5.74, 6) is 0.678. The van der Waals surface area contributed by atoms with Gasteiger partial charge >= 0.3 is 0 Å². The smallest absolute Gasteiger partial charge is 0.223 e. The maximum Gasteiger partial charge on any atom is 0.223 e. The van der Waals surface area contributed by atoms with Crippen LogP contribution in [0.25, 0.3) is 0 Å². The highest BCUT2D eigenvalue weighted by Crippen LogP contribution is 2.42. The summed E-state index contributed by atoms with van der Waals surface area (Å²) in [4.78, 5) is 13.2. The number of amides is 1. The van der Waals surface area contributed by atoms with E-state index in [0.717, 1.165) is 41.7 Å². The van der Waals surface area contributed by atoms with Gasteiger partial charge in [-0.05, 0) is 44.2 Å². The molecular weight excluding hydrogens is 448 g/mol. The van der Waals surface area contributed by atoms with Crippen molar-refractivity contribution in [1.29, 1.82) is 0 Å². The second-order valence-electron chi connectivity index (χ2n) is 9.71. The maximum atomic E-state index is 13.2. The predicted molar refractivity (Wildman–Crippen MR) is 134 cm³/mol. The summed E-state index contributed by atoms with van der Waals surface area (Å²) in [7, 11) is -3.41. The second kappa shape index (κ2) is 10.1. The van der Waals surface area contributed by atoms with Gasteiger partial charge in [-0.1, -0.05) is 61.9 Å². The number of carbonyl (C=O) groups excluding carboxylic acids is 1. The standard InChI is InChI=1S/C27H36N2O4S/c1-4-27(5-2)18-24(23-11-6-7-12-25(23)33-27)28-26(30)22-13-15-29(16-14-22)34(31,32)19-21-10-8-9-20(3)17-21/h6-12,17,22,24H,4-5,13-16,18-19H2,1-3H3,(H,28,30)/t24-/m1/s1. The molecule has 0 unspecified atom stereocenters. The molecule has 0 spiro atoms. The van der Waals surface area contributed by atoms with Crippen molar-refractivity contribution in [2.75, 3.05) is 13.1 Å². The van der Waals surface area contributed by atoms with Gasteiger partial charge in [0.25, 0.3) is 0 Å². The van der Waals surface area contributed by atoms with Crippen molar-refractivity contribution in [1.82, 2.24) is 9.62 Å². The Morgan fingerprint density at radius 1 is 1.09 bits per heavy atom. The largest absolute Gasteiger partial charge is 0.487 e. The van der Waals surface area contributed by atoms with E-state index in [2.05, 4.69) is 19.2 Å². The third kappa shape index (κ3) is 5.31. The molecule has 4 rings (SSSR count). The molecule has 1 amide bonds. The average molecular weight is 485 g/mol. The molecule has 2 aliphatic heterocycles. The van der Waals surface area contributed by atoms with Gasteiger partial charge in [-0.15, -0.1) is 0 Å². The van der Waals surface area contributed by atoms with Crippen molar-refractivity contribution in [2.24, 2.45) is 5.92 Å². The Morgan fingerprint density at radius 2 is 1.79 bits per heavy atom. The van der Waals surface area contributed by atoms with Crippen LogP contribution in [0, 0.1) is 12.8 Å². The first-order valence-electron chi connectivity index (χ1n) is 12.4. The summed E-state index contributed by atoms with van der Waals surface area (Å²) in [5.41, 5.74) is 2.59. The predicted octanol–water partition coefficient (Wildman–Crippen LogP) is 4.74. The van der Waals surface area contributed by atoms with E-state index in [0.29, 0.717) is 25.9 Å². The van der Waals surface area contributed by atoms with Gasteiger partial charge in [-0.3, -0.25) is 4.79 Å². The molecule has 0 bridgehead atoms. The van der Waals surface area contributed by atoms with Crippen molar-refractivity contribution in [2.45, 2.75) is 70.3 Å². The first kappa shape index (κ1) is 24.7. The van der Waals surface area contributed by atoms with Crippen molar-refractivity contribution < 1.29 is 17.9 Å². The zero-order valence-electron chi connectivity index (χ0n) is 20.4. The van der Waals surface area contributed by atoms with Crippen LogP contribution in [-0.4, -0.2) is 37.3 Å². The summed E-state index contributed by atoms with van der Waals surface area (Å²) in [6, 6.07) is 15.5. The van der Waals surface area contributed by atoms with Crippen LogP contribution in [0.4, 0.5) is 0 Å². The van der Waals surface area contributed by atoms with Gasteiger partial charge in [0, 0.05) is 31.0 Å². The lowest BCUT2D eigenvalue weighted by Crippen LogP contribution is -2.47. The molecule has 1 fully saturated rings. The van der Waals surface area contributed by atoms with E-state index in [1.165, 1.54) is 0 Å². The minimum atomic E-state index is -3.41. The number of sulfonamides is 1. The van der Waals surface area contributed by atoms with Gasteiger partial charge in [0.2, 0.25) is 15.9 Å². The first-order chi connectivity index (χ1) is 16.2. The fraction of sp³-hybridized carbons (Fsp3) is 0.519. The number of nitrogens with one attached hydrogen (secondary N) is 1. The van der Waals surface area contributed by atoms with Crippen LogP contribution in [0.3, 0.4) is 0 Å². The molecule has 6 nitrogen and oxygen atoms in total. The quantitative estimate of drug-likeness (QED) is 0.616. The van der Waals surface area contributed by atoms with Crippen LogP contribution < -0.4 is 10.1 Å². The van der Waals surface area contributed by atoms with Crippen molar-refractivity contribution >= 4 is 15.9 Å². The average Bonchev–Trinajstić information content (AvgIpc) is 2.83. The van der Waals surface area contributed by atoms with Gasteiger partial charge in [0.05, 0.1) is 11.8 Å². The van der Waals surface area contributed by atoms with E-state index < -0.39 is 10.0 Å². The molecule has 34 heavy (non-hydrogen) atoms. The highest BCUT2D eigenvalue weighted by atomic mass is 32.2. The highest BCUT2D eigenvalue weighted by molar-refractivity contribution is 7.88. The lowest BCUT2D eigenvalue weighted by Gasteiger charge is -2.42. The first-order valence-corrected chi connectivity index (χ1v) is 14.0. The minimum Gasteiger partial charge on any atom is -0.487 e. The summed E-state index contributed by atoms with van der Waals surface area (Å²) in [5, 5.41) is 3.28. The number of ether oxygens (including phenoxy) is 1. The minimum absolute atomic E-state index is 0.000515. The zero-order valence-corrected chi connectivity index (χ0v) is 21.2. The Hall–Kier alpha value is -2.38. The Kier molecular flexibility index (Phi) is 7.33. The van der Waals surface area contributed by atoms with Crippen LogP contribution >= 0.6 is 0 Å². The molecule has 0 saturated carbocycles. The molecule has 1 atom stereocenters. The number of fused-ring (bicyclic) bond motifs is 1. The summed E-state index contributed by atoms with van der Waals surface area (Å²) < 4.78 is 33.8. The lowest BCUT2D eigenvalue weighted by atomic mass is 9.83. The fourth-order valence-corrected chi connectivity index (χ4v) is 6.77. The van der Waals surface area contributed by atoms with E-state index in [1.54, 1.807) is 4.31 Å². The third-order valence-electron chi connectivity index (χ3n) is 7.45. The number of aryl methyl sites for hydroxylation is 1. The number of benzene rings is 2. The maximum absolute atomic E-state index is 13.2. The fourth-order valence-electron chi connectivity index (χ4n) is 5.22. The Labute approximate surface area is 203 Å². The molecule has 0 radical (unpaired) electrons. The number of hydrogen-bond acceptors (Lipinski definition) is 4. The number of carbonyl (C=O) groups is 1. The summed E-state index contributed by atoms with van der Waals surface area (Å²) >= 11 is 0. The molecule has 2 aliphatic rings. The van der Waals surface area contributed by atoms with Crippen molar-refractivity contribution in [3.63, 3.8) is 0 Å². The van der Waals surface area contributed by atoms with Gasteiger partial charge in [0.1, 0.15) is 11.4 Å². The molecule has 0 aromatic heterocycles. The summed E-state index contributed by atoms with van der Waals surface area (Å²) in [6.07, 6.45) is 3.57. The van der Waals surface area contributed by atoms with Crippen LogP contribution in [0.2, 0.25) is 0 Å². The molecule has 0 aliphatic carbocycles. The van der Waals surface area contributed by atoms with E-state index in [4.69, 9.17) is 4.74 Å². The second-order valence-corrected chi connectivity index (χ2v) is 11.7. The van der Waals surface area contributed by atoms with Gasteiger partial charge in [0.15, 0.2) is 0 Å². The number of piperidine rings is 1. The molecule has 1 saturated heterocycles. The third-order valence-corrected chi connectivity index (χ3v) is 9.30.